The summed E-state index contributed by atoms with van der Waals surface area (Å²) >= 11 is 0. The van der Waals surface area contributed by atoms with Gasteiger partial charge >= 0.3 is 5.69 Å². The predicted molar refractivity (Wildman–Crippen MR) is 94.0 cm³/mol. The van der Waals surface area contributed by atoms with Crippen LogP contribution in [0.1, 0.15) is 51.5 Å². The van der Waals surface area contributed by atoms with Gasteiger partial charge in [-0.1, -0.05) is 25.0 Å². The highest BCUT2D eigenvalue weighted by atomic mass is 16.1. The van der Waals surface area contributed by atoms with Crippen molar-refractivity contribution in [3.05, 3.63) is 34.7 Å². The summed E-state index contributed by atoms with van der Waals surface area (Å²) in [6.07, 6.45) is 7.55. The molecular weight excluding hydrogens is 286 g/mol. The van der Waals surface area contributed by atoms with E-state index in [0.717, 1.165) is 24.0 Å². The van der Waals surface area contributed by atoms with Crippen LogP contribution in [0.15, 0.2) is 29.1 Å². The third-order valence-electron chi connectivity index (χ3n) is 5.82. The number of imidazole rings is 1. The van der Waals surface area contributed by atoms with Crippen LogP contribution < -0.4 is 5.69 Å². The molecule has 0 bridgehead atoms. The van der Waals surface area contributed by atoms with E-state index in [1.807, 2.05) is 10.6 Å². The number of para-hydroxylation sites is 2. The zero-order chi connectivity index (χ0) is 15.8. The molecule has 2 fully saturated rings. The van der Waals surface area contributed by atoms with E-state index in [0.29, 0.717) is 12.1 Å². The Morgan fingerprint density at radius 1 is 0.957 bits per heavy atom. The molecule has 23 heavy (non-hydrogen) atoms. The monoisotopic (exact) mass is 313 g/mol. The second kappa shape index (κ2) is 6.16. The molecule has 1 aromatic carbocycles. The fraction of sp³-hybridized carbons (Fsp3) is 0.632. The maximum atomic E-state index is 13.1. The number of nitrogens with zero attached hydrogens (tertiary/aromatic N) is 3. The predicted octanol–water partition coefficient (Wildman–Crippen LogP) is 3.40. The first kappa shape index (κ1) is 15.0. The summed E-state index contributed by atoms with van der Waals surface area (Å²) in [4.78, 5) is 15.7. The topological polar surface area (TPSA) is 30.2 Å². The lowest BCUT2D eigenvalue weighted by molar-refractivity contribution is 0.132. The van der Waals surface area contributed by atoms with E-state index >= 15 is 0 Å². The molecule has 0 amide bonds. The lowest BCUT2D eigenvalue weighted by Crippen LogP contribution is -2.44. The Bertz CT molecular complexity index is 739. The molecule has 2 aromatic rings. The molecule has 1 aromatic heterocycles. The molecule has 124 valence electrons. The lowest BCUT2D eigenvalue weighted by Gasteiger charge is -2.38. The van der Waals surface area contributed by atoms with Crippen molar-refractivity contribution in [1.82, 2.24) is 14.0 Å². The highest BCUT2D eigenvalue weighted by Crippen LogP contribution is 2.35. The quantitative estimate of drug-likeness (QED) is 0.869. The van der Waals surface area contributed by atoms with Crippen molar-refractivity contribution in [2.24, 2.45) is 0 Å². The van der Waals surface area contributed by atoms with Crippen LogP contribution in [0.2, 0.25) is 0 Å². The van der Waals surface area contributed by atoms with E-state index in [-0.39, 0.29) is 5.69 Å². The molecule has 0 radical (unpaired) electrons. The minimum Gasteiger partial charge on any atom is -0.298 e. The van der Waals surface area contributed by atoms with Gasteiger partial charge in [-0.25, -0.2) is 4.79 Å². The van der Waals surface area contributed by atoms with Crippen LogP contribution in [0.4, 0.5) is 0 Å². The normalized spacial score (nSPS) is 26.1. The highest BCUT2D eigenvalue weighted by Gasteiger charge is 2.34. The summed E-state index contributed by atoms with van der Waals surface area (Å²) in [6.45, 7) is 5.23. The van der Waals surface area contributed by atoms with E-state index in [2.05, 4.69) is 34.6 Å². The summed E-state index contributed by atoms with van der Waals surface area (Å²) in [6, 6.07) is 9.19. The average molecular weight is 313 g/mol. The second-order valence-corrected chi connectivity index (χ2v) is 7.05. The van der Waals surface area contributed by atoms with Crippen molar-refractivity contribution in [2.45, 2.75) is 64.1 Å². The molecule has 2 atom stereocenters. The molecule has 4 nitrogen and oxygen atoms in total. The first-order valence-corrected chi connectivity index (χ1v) is 9.25. The number of hydrogen-bond donors (Lipinski definition) is 0. The SMILES string of the molecule is CCn1c(=O)n([C@@H]2CCCC[C@H]2N2CCCC2)c2ccccc21. The van der Waals surface area contributed by atoms with E-state index in [4.69, 9.17) is 0 Å². The molecule has 0 unspecified atom stereocenters. The van der Waals surface area contributed by atoms with Crippen LogP contribution in [0, 0.1) is 0 Å². The Hall–Kier alpha value is -1.55. The standard InChI is InChI=1S/C19H27N3O/c1-2-21-16-10-4-6-12-18(16)22(19(21)23)17-11-5-3-9-15(17)20-13-7-8-14-20/h4,6,10,12,15,17H,2-3,5,7-9,11,13-14H2,1H3/t15-,17-/m1/s1. The van der Waals surface area contributed by atoms with E-state index in [1.165, 1.54) is 45.2 Å². The Morgan fingerprint density at radius 3 is 2.30 bits per heavy atom. The van der Waals surface area contributed by atoms with Crippen LogP contribution in [0.25, 0.3) is 11.0 Å². The molecule has 1 aliphatic carbocycles. The Kier molecular flexibility index (Phi) is 4.02. The Morgan fingerprint density at radius 2 is 1.61 bits per heavy atom. The molecule has 2 aliphatic rings. The molecular formula is C19H27N3O. The number of rotatable bonds is 3. The van der Waals surface area contributed by atoms with Crippen molar-refractivity contribution in [3.63, 3.8) is 0 Å². The molecule has 4 rings (SSSR count). The van der Waals surface area contributed by atoms with Crippen LogP contribution in [0.3, 0.4) is 0 Å². The molecule has 2 heterocycles. The highest BCUT2D eigenvalue weighted by molar-refractivity contribution is 5.76. The number of likely N-dealkylation sites (tertiary alicyclic amines) is 1. The number of aryl methyl sites for hydroxylation is 1. The maximum absolute atomic E-state index is 13.1. The zero-order valence-electron chi connectivity index (χ0n) is 14.1. The Balaban J connectivity index is 1.83. The number of benzene rings is 1. The van der Waals surface area contributed by atoms with Gasteiger partial charge in [0.2, 0.25) is 0 Å². The van der Waals surface area contributed by atoms with Crippen LogP contribution >= 0.6 is 0 Å². The van der Waals surface area contributed by atoms with E-state index in [9.17, 15) is 4.79 Å². The van der Waals surface area contributed by atoms with Gasteiger partial charge in [0.25, 0.3) is 0 Å². The van der Waals surface area contributed by atoms with Gasteiger partial charge in [-0.2, -0.15) is 0 Å². The van der Waals surface area contributed by atoms with Gasteiger partial charge < -0.3 is 0 Å². The fourth-order valence-corrected chi connectivity index (χ4v) is 4.75. The number of aromatic nitrogens is 2. The van der Waals surface area contributed by atoms with Gasteiger partial charge in [0.1, 0.15) is 0 Å². The van der Waals surface area contributed by atoms with Gasteiger partial charge in [-0.3, -0.25) is 14.0 Å². The van der Waals surface area contributed by atoms with Gasteiger partial charge in [0.15, 0.2) is 0 Å². The van der Waals surface area contributed by atoms with Crippen molar-refractivity contribution in [1.29, 1.82) is 0 Å². The van der Waals surface area contributed by atoms with E-state index < -0.39 is 0 Å². The first-order chi connectivity index (χ1) is 11.3. The second-order valence-electron chi connectivity index (χ2n) is 7.05. The largest absolute Gasteiger partial charge is 0.329 e. The smallest absolute Gasteiger partial charge is 0.298 e. The van der Waals surface area contributed by atoms with Crippen LogP contribution in [-0.4, -0.2) is 33.2 Å². The molecule has 1 aliphatic heterocycles. The average Bonchev–Trinajstić information content (AvgIpc) is 3.20. The van der Waals surface area contributed by atoms with Crippen molar-refractivity contribution in [3.8, 4) is 0 Å². The third-order valence-corrected chi connectivity index (χ3v) is 5.82. The van der Waals surface area contributed by atoms with E-state index in [1.54, 1.807) is 0 Å². The third kappa shape index (κ3) is 2.44. The van der Waals surface area contributed by atoms with Gasteiger partial charge in [0, 0.05) is 12.6 Å². The zero-order valence-corrected chi connectivity index (χ0v) is 14.1. The summed E-state index contributed by atoms with van der Waals surface area (Å²) in [5.41, 5.74) is 2.39. The molecule has 0 spiro atoms. The van der Waals surface area contributed by atoms with Gasteiger partial charge in [0.05, 0.1) is 17.1 Å². The van der Waals surface area contributed by atoms with Gasteiger partial charge in [-0.05, 0) is 57.8 Å². The summed E-state index contributed by atoms with van der Waals surface area (Å²) in [5.74, 6) is 0. The van der Waals surface area contributed by atoms with Gasteiger partial charge in [-0.15, -0.1) is 0 Å². The molecule has 1 saturated heterocycles. The minimum absolute atomic E-state index is 0.185. The van der Waals surface area contributed by atoms with Crippen LogP contribution in [0.5, 0.6) is 0 Å². The van der Waals surface area contributed by atoms with Crippen molar-refractivity contribution >= 4 is 11.0 Å². The summed E-state index contributed by atoms with van der Waals surface area (Å²) in [5, 5.41) is 0. The maximum Gasteiger partial charge on any atom is 0.329 e. The van der Waals surface area contributed by atoms with Crippen LogP contribution in [-0.2, 0) is 6.54 Å². The first-order valence-electron chi connectivity index (χ1n) is 9.25. The molecule has 0 N–H and O–H groups in total. The fourth-order valence-electron chi connectivity index (χ4n) is 4.75. The van der Waals surface area contributed by atoms with Crippen molar-refractivity contribution < 1.29 is 0 Å². The Labute approximate surface area is 137 Å². The number of fused-ring (bicyclic) bond motifs is 1. The summed E-state index contributed by atoms with van der Waals surface area (Å²) in [7, 11) is 0. The molecule has 1 saturated carbocycles. The number of hydrogen-bond acceptors (Lipinski definition) is 2. The molecule has 4 heteroatoms. The minimum atomic E-state index is 0.185. The summed E-state index contributed by atoms with van der Waals surface area (Å²) < 4.78 is 4.06. The lowest BCUT2D eigenvalue weighted by atomic mass is 9.89. The van der Waals surface area contributed by atoms with Crippen molar-refractivity contribution in [2.75, 3.05) is 13.1 Å².